The van der Waals surface area contributed by atoms with Gasteiger partial charge in [0.2, 0.25) is 0 Å². The van der Waals surface area contributed by atoms with Gasteiger partial charge in [-0.2, -0.15) is 0 Å². The van der Waals surface area contributed by atoms with Crippen LogP contribution in [0, 0.1) is 0 Å². The summed E-state index contributed by atoms with van der Waals surface area (Å²) in [5.41, 5.74) is 6.81. The standard InChI is InChI=1S/C15H24BrNO3S/c1-11(17)9-12-10-13(16)5-6-14(12)20-7-8-21(18,19)15(2,3)4/h5-6,10-11H,7-9,17H2,1-4H3. The van der Waals surface area contributed by atoms with Crippen LogP contribution in [0.25, 0.3) is 0 Å². The van der Waals surface area contributed by atoms with Crippen LogP contribution in [0.2, 0.25) is 0 Å². The van der Waals surface area contributed by atoms with E-state index in [0.717, 1.165) is 10.0 Å². The van der Waals surface area contributed by atoms with Gasteiger partial charge in [0, 0.05) is 10.5 Å². The van der Waals surface area contributed by atoms with Gasteiger partial charge >= 0.3 is 0 Å². The number of benzene rings is 1. The van der Waals surface area contributed by atoms with Crippen molar-refractivity contribution in [2.75, 3.05) is 12.4 Å². The van der Waals surface area contributed by atoms with E-state index in [1.54, 1.807) is 20.8 Å². The average Bonchev–Trinajstić information content (AvgIpc) is 2.29. The topological polar surface area (TPSA) is 69.4 Å². The minimum absolute atomic E-state index is 0.00415. The molecule has 0 aliphatic rings. The zero-order valence-corrected chi connectivity index (χ0v) is 15.4. The summed E-state index contributed by atoms with van der Waals surface area (Å²) < 4.78 is 30.0. The third-order valence-electron chi connectivity index (χ3n) is 3.11. The van der Waals surface area contributed by atoms with Crippen LogP contribution in [-0.2, 0) is 16.3 Å². The van der Waals surface area contributed by atoms with Gasteiger partial charge in [-0.1, -0.05) is 15.9 Å². The van der Waals surface area contributed by atoms with Crippen molar-refractivity contribution in [3.05, 3.63) is 28.2 Å². The van der Waals surface area contributed by atoms with Gasteiger partial charge in [-0.25, -0.2) is 8.42 Å². The lowest BCUT2D eigenvalue weighted by Crippen LogP contribution is -2.32. The van der Waals surface area contributed by atoms with E-state index in [0.29, 0.717) is 12.2 Å². The quantitative estimate of drug-likeness (QED) is 0.827. The number of hydrogen-bond acceptors (Lipinski definition) is 4. The highest BCUT2D eigenvalue weighted by atomic mass is 79.9. The van der Waals surface area contributed by atoms with Crippen molar-refractivity contribution in [2.45, 2.75) is 44.9 Å². The molecule has 0 amide bonds. The van der Waals surface area contributed by atoms with Crippen LogP contribution in [0.15, 0.2) is 22.7 Å². The summed E-state index contributed by atoms with van der Waals surface area (Å²) in [6, 6.07) is 5.68. The molecule has 1 atom stereocenters. The highest BCUT2D eigenvalue weighted by Gasteiger charge is 2.28. The van der Waals surface area contributed by atoms with Gasteiger partial charge in [-0.05, 0) is 57.9 Å². The molecule has 120 valence electrons. The van der Waals surface area contributed by atoms with Gasteiger partial charge in [0.25, 0.3) is 0 Å². The van der Waals surface area contributed by atoms with Gasteiger partial charge in [-0.3, -0.25) is 0 Å². The summed E-state index contributed by atoms with van der Waals surface area (Å²) in [7, 11) is -3.17. The van der Waals surface area contributed by atoms with E-state index >= 15 is 0 Å². The fourth-order valence-corrected chi connectivity index (χ4v) is 3.09. The van der Waals surface area contributed by atoms with E-state index in [1.807, 2.05) is 25.1 Å². The SMILES string of the molecule is CC(N)Cc1cc(Br)ccc1OCCS(=O)(=O)C(C)(C)C. The van der Waals surface area contributed by atoms with Crippen LogP contribution in [0.5, 0.6) is 5.75 Å². The summed E-state index contributed by atoms with van der Waals surface area (Å²) >= 11 is 3.42. The summed E-state index contributed by atoms with van der Waals surface area (Å²) in [5, 5.41) is 0. The van der Waals surface area contributed by atoms with Crippen LogP contribution in [0.4, 0.5) is 0 Å². The Hall–Kier alpha value is -0.590. The molecule has 2 N–H and O–H groups in total. The van der Waals surface area contributed by atoms with Crippen LogP contribution in [0.3, 0.4) is 0 Å². The van der Waals surface area contributed by atoms with Gasteiger partial charge < -0.3 is 10.5 Å². The van der Waals surface area contributed by atoms with Crippen molar-refractivity contribution >= 4 is 25.8 Å². The molecule has 1 unspecified atom stereocenters. The highest BCUT2D eigenvalue weighted by molar-refractivity contribution is 9.10. The average molecular weight is 378 g/mol. The number of hydrogen-bond donors (Lipinski definition) is 1. The summed E-state index contributed by atoms with van der Waals surface area (Å²) in [6.07, 6.45) is 0.681. The lowest BCUT2D eigenvalue weighted by molar-refractivity contribution is 0.335. The molecule has 1 aromatic rings. The third kappa shape index (κ3) is 5.60. The molecule has 6 heteroatoms. The van der Waals surface area contributed by atoms with Crippen molar-refractivity contribution in [3.8, 4) is 5.75 Å². The second kappa shape index (κ2) is 7.11. The van der Waals surface area contributed by atoms with Gasteiger partial charge in [0.15, 0.2) is 9.84 Å². The monoisotopic (exact) mass is 377 g/mol. The van der Waals surface area contributed by atoms with Crippen LogP contribution >= 0.6 is 15.9 Å². The third-order valence-corrected chi connectivity index (χ3v) is 6.17. The highest BCUT2D eigenvalue weighted by Crippen LogP contribution is 2.25. The molecule has 0 aliphatic carbocycles. The Morgan fingerprint density at radius 3 is 2.48 bits per heavy atom. The lowest BCUT2D eigenvalue weighted by Gasteiger charge is -2.20. The fraction of sp³-hybridized carbons (Fsp3) is 0.600. The van der Waals surface area contributed by atoms with Gasteiger partial charge in [0.05, 0.1) is 10.5 Å². The van der Waals surface area contributed by atoms with Crippen LogP contribution in [0.1, 0.15) is 33.3 Å². The number of rotatable bonds is 6. The van der Waals surface area contributed by atoms with E-state index in [1.165, 1.54) is 0 Å². The van der Waals surface area contributed by atoms with Crippen molar-refractivity contribution in [1.82, 2.24) is 0 Å². The minimum atomic E-state index is -3.17. The Morgan fingerprint density at radius 1 is 1.33 bits per heavy atom. The van der Waals surface area contributed by atoms with E-state index in [2.05, 4.69) is 15.9 Å². The molecule has 1 rings (SSSR count). The minimum Gasteiger partial charge on any atom is -0.492 e. The molecule has 0 saturated heterocycles. The van der Waals surface area contributed by atoms with E-state index < -0.39 is 14.6 Å². The van der Waals surface area contributed by atoms with E-state index in [4.69, 9.17) is 10.5 Å². The maximum atomic E-state index is 12.1. The molecule has 0 saturated carbocycles. The molecule has 0 aromatic heterocycles. The molecule has 0 spiro atoms. The summed E-state index contributed by atoms with van der Waals surface area (Å²) in [6.45, 7) is 7.17. The first-order chi connectivity index (χ1) is 9.53. The van der Waals surface area contributed by atoms with Crippen molar-refractivity contribution < 1.29 is 13.2 Å². The number of nitrogens with two attached hydrogens (primary N) is 1. The van der Waals surface area contributed by atoms with Crippen molar-refractivity contribution in [3.63, 3.8) is 0 Å². The number of halogens is 1. The fourth-order valence-electron chi connectivity index (χ4n) is 1.76. The van der Waals surface area contributed by atoms with Gasteiger partial charge in [0.1, 0.15) is 12.4 Å². The smallest absolute Gasteiger partial charge is 0.158 e. The van der Waals surface area contributed by atoms with Crippen molar-refractivity contribution in [1.29, 1.82) is 0 Å². The summed E-state index contributed by atoms with van der Waals surface area (Å²) in [5.74, 6) is 0.698. The molecule has 0 radical (unpaired) electrons. The molecule has 0 heterocycles. The normalized spacial score (nSPS) is 14.0. The lowest BCUT2D eigenvalue weighted by atomic mass is 10.1. The molecule has 0 aliphatic heterocycles. The van der Waals surface area contributed by atoms with Crippen LogP contribution < -0.4 is 10.5 Å². The Kier molecular flexibility index (Phi) is 6.25. The molecule has 4 nitrogen and oxygen atoms in total. The second-order valence-corrected chi connectivity index (χ2v) is 9.99. The number of sulfone groups is 1. The largest absolute Gasteiger partial charge is 0.492 e. The maximum absolute atomic E-state index is 12.1. The zero-order chi connectivity index (χ0) is 16.3. The first-order valence-electron chi connectivity index (χ1n) is 6.92. The van der Waals surface area contributed by atoms with Gasteiger partial charge in [-0.15, -0.1) is 0 Å². The van der Waals surface area contributed by atoms with Crippen LogP contribution in [-0.4, -0.2) is 31.6 Å². The van der Waals surface area contributed by atoms with Crippen molar-refractivity contribution in [2.24, 2.45) is 5.73 Å². The first-order valence-corrected chi connectivity index (χ1v) is 9.36. The Morgan fingerprint density at radius 2 is 1.95 bits per heavy atom. The Balaban J connectivity index is 2.76. The first kappa shape index (κ1) is 18.5. The molecule has 0 fully saturated rings. The summed E-state index contributed by atoms with van der Waals surface area (Å²) in [4.78, 5) is 0. The predicted octanol–water partition coefficient (Wildman–Crippen LogP) is 2.93. The Bertz CT molecular complexity index is 577. The number of ether oxygens (including phenoxy) is 1. The molecule has 1 aromatic carbocycles. The zero-order valence-electron chi connectivity index (χ0n) is 13.0. The molecular weight excluding hydrogens is 354 g/mol. The second-order valence-electron chi connectivity index (χ2n) is 6.21. The molecular formula is C15H24BrNO3S. The predicted molar refractivity (Wildman–Crippen MR) is 90.5 cm³/mol. The maximum Gasteiger partial charge on any atom is 0.158 e. The van der Waals surface area contributed by atoms with E-state index in [-0.39, 0.29) is 18.4 Å². The Labute approximate surface area is 136 Å². The van der Waals surface area contributed by atoms with E-state index in [9.17, 15) is 8.42 Å². The molecule has 0 bridgehead atoms. The molecule has 21 heavy (non-hydrogen) atoms.